The highest BCUT2D eigenvalue weighted by Gasteiger charge is 2.21. The Balaban J connectivity index is 1.65. The van der Waals surface area contributed by atoms with Gasteiger partial charge in [0, 0.05) is 37.7 Å². The third kappa shape index (κ3) is 3.96. The lowest BCUT2D eigenvalue weighted by Gasteiger charge is -2.22. The molecule has 0 saturated carbocycles. The van der Waals surface area contributed by atoms with Gasteiger partial charge in [0.2, 0.25) is 0 Å². The quantitative estimate of drug-likeness (QED) is 0.822. The molecule has 1 aromatic heterocycles. The highest BCUT2D eigenvalue weighted by Crippen LogP contribution is 2.31. The van der Waals surface area contributed by atoms with Crippen LogP contribution in [0.1, 0.15) is 17.5 Å². The average molecular weight is 367 g/mol. The Bertz CT molecular complexity index is 708. The molecule has 0 unspecified atom stereocenters. The topological polar surface area (TPSA) is 43.2 Å². The zero-order valence-corrected chi connectivity index (χ0v) is 14.8. The molecule has 120 valence electrons. The highest BCUT2D eigenvalue weighted by molar-refractivity contribution is 7.10. The average Bonchev–Trinajstić information content (AvgIpc) is 2.77. The SMILES string of the molecule is N#Cc1c(Cl)nsc1N1CCCN(Cc2ccc(Cl)cc2)CC1. The van der Waals surface area contributed by atoms with Gasteiger partial charge in [0.25, 0.3) is 0 Å². The van der Waals surface area contributed by atoms with Crippen LogP contribution >= 0.6 is 34.7 Å². The fourth-order valence-corrected chi connectivity index (χ4v) is 3.96. The summed E-state index contributed by atoms with van der Waals surface area (Å²) in [6.07, 6.45) is 1.05. The van der Waals surface area contributed by atoms with Crippen molar-refractivity contribution in [1.82, 2.24) is 9.27 Å². The molecule has 4 nitrogen and oxygen atoms in total. The van der Waals surface area contributed by atoms with Crippen LogP contribution in [0.2, 0.25) is 10.2 Å². The van der Waals surface area contributed by atoms with Crippen molar-refractivity contribution in [3.05, 3.63) is 45.6 Å². The van der Waals surface area contributed by atoms with Gasteiger partial charge in [-0.15, -0.1) is 0 Å². The predicted octanol–water partition coefficient (Wildman–Crippen LogP) is 4.03. The summed E-state index contributed by atoms with van der Waals surface area (Å²) in [7, 11) is 0. The summed E-state index contributed by atoms with van der Waals surface area (Å²) in [6, 6.07) is 10.2. The van der Waals surface area contributed by atoms with Gasteiger partial charge in [-0.1, -0.05) is 35.3 Å². The number of rotatable bonds is 3. The van der Waals surface area contributed by atoms with Crippen LogP contribution in [0.25, 0.3) is 0 Å². The van der Waals surface area contributed by atoms with Crippen LogP contribution in [0.4, 0.5) is 5.00 Å². The molecule has 0 amide bonds. The Morgan fingerprint density at radius 1 is 1.13 bits per heavy atom. The number of benzene rings is 1. The van der Waals surface area contributed by atoms with Crippen molar-refractivity contribution in [1.29, 1.82) is 5.26 Å². The molecule has 23 heavy (non-hydrogen) atoms. The van der Waals surface area contributed by atoms with Crippen molar-refractivity contribution in [2.75, 3.05) is 31.1 Å². The van der Waals surface area contributed by atoms with Crippen molar-refractivity contribution in [2.45, 2.75) is 13.0 Å². The number of nitrogens with zero attached hydrogens (tertiary/aromatic N) is 4. The van der Waals surface area contributed by atoms with Gasteiger partial charge >= 0.3 is 0 Å². The van der Waals surface area contributed by atoms with Crippen LogP contribution in [0.15, 0.2) is 24.3 Å². The number of hydrogen-bond donors (Lipinski definition) is 0. The molecule has 0 N–H and O–H groups in total. The monoisotopic (exact) mass is 366 g/mol. The van der Waals surface area contributed by atoms with Crippen molar-refractivity contribution < 1.29 is 0 Å². The van der Waals surface area contributed by atoms with E-state index in [4.69, 9.17) is 23.2 Å². The molecule has 0 bridgehead atoms. The third-order valence-electron chi connectivity index (χ3n) is 3.94. The minimum Gasteiger partial charge on any atom is -0.360 e. The van der Waals surface area contributed by atoms with Gasteiger partial charge < -0.3 is 4.90 Å². The number of anilines is 1. The van der Waals surface area contributed by atoms with Gasteiger partial charge in [-0.05, 0) is 35.6 Å². The molecule has 0 spiro atoms. The van der Waals surface area contributed by atoms with Crippen LogP contribution in [-0.4, -0.2) is 35.5 Å². The summed E-state index contributed by atoms with van der Waals surface area (Å²) in [6.45, 7) is 4.70. The second kappa shape index (κ2) is 7.50. The molecular weight excluding hydrogens is 351 g/mol. The van der Waals surface area contributed by atoms with E-state index in [1.807, 2.05) is 12.1 Å². The van der Waals surface area contributed by atoms with E-state index < -0.39 is 0 Å². The first-order valence-electron chi connectivity index (χ1n) is 7.44. The first kappa shape index (κ1) is 16.5. The molecule has 1 aliphatic heterocycles. The summed E-state index contributed by atoms with van der Waals surface area (Å²) >= 11 is 13.2. The van der Waals surface area contributed by atoms with Gasteiger partial charge in [0.05, 0.1) is 0 Å². The van der Waals surface area contributed by atoms with E-state index in [0.717, 1.165) is 49.2 Å². The minimum absolute atomic E-state index is 0.315. The zero-order chi connectivity index (χ0) is 16.2. The molecule has 0 atom stereocenters. The van der Waals surface area contributed by atoms with E-state index in [9.17, 15) is 5.26 Å². The van der Waals surface area contributed by atoms with E-state index in [1.54, 1.807) is 0 Å². The number of hydrogen-bond acceptors (Lipinski definition) is 5. The van der Waals surface area contributed by atoms with E-state index >= 15 is 0 Å². The molecule has 1 saturated heterocycles. The molecule has 1 aliphatic rings. The lowest BCUT2D eigenvalue weighted by atomic mass is 10.2. The normalized spacial score (nSPS) is 16.1. The Labute approximate surface area is 150 Å². The van der Waals surface area contributed by atoms with Gasteiger partial charge in [-0.2, -0.15) is 9.64 Å². The number of nitriles is 1. The van der Waals surface area contributed by atoms with E-state index in [0.29, 0.717) is 10.7 Å². The van der Waals surface area contributed by atoms with Gasteiger partial charge in [0.15, 0.2) is 5.15 Å². The lowest BCUT2D eigenvalue weighted by molar-refractivity contribution is 0.285. The van der Waals surface area contributed by atoms with Crippen molar-refractivity contribution in [3.8, 4) is 6.07 Å². The summed E-state index contributed by atoms with van der Waals surface area (Å²) in [5, 5.41) is 11.2. The van der Waals surface area contributed by atoms with Gasteiger partial charge in [-0.3, -0.25) is 4.90 Å². The van der Waals surface area contributed by atoms with Crippen LogP contribution in [0.3, 0.4) is 0 Å². The first-order valence-corrected chi connectivity index (χ1v) is 8.97. The molecule has 2 aromatic rings. The lowest BCUT2D eigenvalue weighted by Crippen LogP contribution is -2.30. The fraction of sp³-hybridized carbons (Fsp3) is 0.375. The maximum absolute atomic E-state index is 9.24. The third-order valence-corrected chi connectivity index (χ3v) is 5.47. The van der Waals surface area contributed by atoms with Crippen LogP contribution < -0.4 is 4.90 Å². The molecule has 2 heterocycles. The minimum atomic E-state index is 0.315. The Kier molecular flexibility index (Phi) is 5.39. The van der Waals surface area contributed by atoms with E-state index in [1.165, 1.54) is 17.1 Å². The van der Waals surface area contributed by atoms with Crippen LogP contribution in [0, 0.1) is 11.3 Å². The number of aromatic nitrogens is 1. The molecular formula is C16H16Cl2N4S. The summed E-state index contributed by atoms with van der Waals surface area (Å²) in [4.78, 5) is 4.65. The first-order chi connectivity index (χ1) is 11.2. The Morgan fingerprint density at radius 2 is 1.91 bits per heavy atom. The largest absolute Gasteiger partial charge is 0.360 e. The molecule has 0 aliphatic carbocycles. The van der Waals surface area contributed by atoms with Crippen LogP contribution in [-0.2, 0) is 6.54 Å². The highest BCUT2D eigenvalue weighted by atomic mass is 35.5. The van der Waals surface area contributed by atoms with E-state index in [-0.39, 0.29) is 0 Å². The maximum atomic E-state index is 9.24. The summed E-state index contributed by atoms with van der Waals surface area (Å²) < 4.78 is 4.11. The molecule has 0 radical (unpaired) electrons. The fourth-order valence-electron chi connectivity index (χ4n) is 2.75. The van der Waals surface area contributed by atoms with Gasteiger partial charge in [0.1, 0.15) is 16.6 Å². The smallest absolute Gasteiger partial charge is 0.162 e. The van der Waals surface area contributed by atoms with E-state index in [2.05, 4.69) is 32.4 Å². The number of halogens is 2. The Morgan fingerprint density at radius 3 is 2.65 bits per heavy atom. The van der Waals surface area contributed by atoms with Crippen molar-refractivity contribution in [2.24, 2.45) is 0 Å². The maximum Gasteiger partial charge on any atom is 0.162 e. The molecule has 3 rings (SSSR count). The molecule has 1 fully saturated rings. The van der Waals surface area contributed by atoms with Crippen molar-refractivity contribution in [3.63, 3.8) is 0 Å². The van der Waals surface area contributed by atoms with Crippen LogP contribution in [0.5, 0.6) is 0 Å². The van der Waals surface area contributed by atoms with Gasteiger partial charge in [-0.25, -0.2) is 0 Å². The molecule has 7 heteroatoms. The molecule has 1 aromatic carbocycles. The standard InChI is InChI=1S/C16H16Cl2N4S/c17-13-4-2-12(3-5-13)11-21-6-1-7-22(9-8-21)16-14(10-19)15(18)20-23-16/h2-5H,1,6-9,11H2. The Hall–Kier alpha value is -1.32. The predicted molar refractivity (Wildman–Crippen MR) is 95.4 cm³/mol. The second-order valence-corrected chi connectivity index (χ2v) is 7.05. The summed E-state index contributed by atoms with van der Waals surface area (Å²) in [5.74, 6) is 0. The zero-order valence-electron chi connectivity index (χ0n) is 12.5. The second-order valence-electron chi connectivity index (χ2n) is 5.51. The summed E-state index contributed by atoms with van der Waals surface area (Å²) in [5.41, 5.74) is 1.77. The van der Waals surface area contributed by atoms with Crippen molar-refractivity contribution >= 4 is 39.7 Å².